The van der Waals surface area contributed by atoms with Gasteiger partial charge in [-0.25, -0.2) is 0 Å². The molecule has 0 aromatic carbocycles. The molecule has 1 rings (SSSR count). The van der Waals surface area contributed by atoms with Gasteiger partial charge in [0.25, 0.3) is 0 Å². The molecule has 0 radical (unpaired) electrons. The van der Waals surface area contributed by atoms with E-state index >= 15 is 0 Å². The average Bonchev–Trinajstić information content (AvgIpc) is 2.14. The molecule has 1 aliphatic rings. The van der Waals surface area contributed by atoms with Gasteiger partial charge in [-0.15, -0.1) is 0 Å². The van der Waals surface area contributed by atoms with Crippen LogP contribution in [-0.4, -0.2) is 18.9 Å². The second-order valence-corrected chi connectivity index (χ2v) is 2.30. The lowest BCUT2D eigenvalue weighted by atomic mass is 10.4. The fraction of sp³-hybridized carbons (Fsp3) is 1.00. The summed E-state index contributed by atoms with van der Waals surface area (Å²) in [6.45, 7) is 5.13. The highest BCUT2D eigenvalue weighted by atomic mass is 16.5. The monoisotopic (exact) mass is 115 g/mol. The van der Waals surface area contributed by atoms with E-state index in [9.17, 15) is 0 Å². The normalized spacial score (nSPS) is 38.2. The zero-order valence-electron chi connectivity index (χ0n) is 5.48. The van der Waals surface area contributed by atoms with Gasteiger partial charge in [-0.2, -0.15) is 0 Å². The first-order chi connectivity index (χ1) is 3.83. The Labute approximate surface area is 50.2 Å². The predicted octanol–water partition coefficient (Wildman–Crippen LogP) is 0.731. The first kappa shape index (κ1) is 6.05. The van der Waals surface area contributed by atoms with Crippen molar-refractivity contribution < 1.29 is 4.74 Å². The summed E-state index contributed by atoms with van der Waals surface area (Å²) in [6.07, 6.45) is 1.40. The largest absolute Gasteiger partial charge is 0.362 e. The summed E-state index contributed by atoms with van der Waals surface area (Å²) < 4.78 is 5.30. The third-order valence-electron chi connectivity index (χ3n) is 1.39. The van der Waals surface area contributed by atoms with Crippen LogP contribution in [0.3, 0.4) is 0 Å². The summed E-state index contributed by atoms with van der Waals surface area (Å²) in [5, 5.41) is 3.28. The van der Waals surface area contributed by atoms with Gasteiger partial charge < -0.3 is 4.74 Å². The Morgan fingerprint density at radius 3 is 2.75 bits per heavy atom. The first-order valence-corrected chi connectivity index (χ1v) is 3.20. The van der Waals surface area contributed by atoms with Crippen LogP contribution in [0.1, 0.15) is 20.3 Å². The standard InChI is InChI=1S/C6H13NO/c1-3-6-7-5(2)4-8-6/h5-7H,3-4H2,1-2H3. The molecule has 0 aliphatic carbocycles. The van der Waals surface area contributed by atoms with Crippen LogP contribution in [0.4, 0.5) is 0 Å². The molecule has 0 aromatic rings. The van der Waals surface area contributed by atoms with Gasteiger partial charge in [0.2, 0.25) is 0 Å². The molecular formula is C6H13NO. The van der Waals surface area contributed by atoms with Gasteiger partial charge in [-0.1, -0.05) is 6.92 Å². The van der Waals surface area contributed by atoms with E-state index in [-0.39, 0.29) is 0 Å². The Kier molecular flexibility index (Phi) is 1.86. The predicted molar refractivity (Wildman–Crippen MR) is 32.6 cm³/mol. The van der Waals surface area contributed by atoms with Gasteiger partial charge in [0.15, 0.2) is 0 Å². The van der Waals surface area contributed by atoms with Crippen molar-refractivity contribution in [1.29, 1.82) is 0 Å². The second kappa shape index (κ2) is 2.46. The molecule has 0 aromatic heterocycles. The first-order valence-electron chi connectivity index (χ1n) is 3.20. The molecule has 2 atom stereocenters. The molecule has 0 amide bonds. The minimum absolute atomic E-state index is 0.324. The molecular weight excluding hydrogens is 102 g/mol. The lowest BCUT2D eigenvalue weighted by molar-refractivity contribution is 0.0975. The van der Waals surface area contributed by atoms with Crippen molar-refractivity contribution in [2.24, 2.45) is 0 Å². The van der Waals surface area contributed by atoms with E-state index in [4.69, 9.17) is 4.74 Å². The molecule has 0 bridgehead atoms. The Morgan fingerprint density at radius 2 is 2.50 bits per heavy atom. The van der Waals surface area contributed by atoms with E-state index in [1.54, 1.807) is 0 Å². The van der Waals surface area contributed by atoms with Crippen molar-refractivity contribution in [1.82, 2.24) is 5.32 Å². The highest BCUT2D eigenvalue weighted by molar-refractivity contribution is 4.69. The maximum Gasteiger partial charge on any atom is 0.108 e. The molecule has 8 heavy (non-hydrogen) atoms. The van der Waals surface area contributed by atoms with Crippen LogP contribution in [0.25, 0.3) is 0 Å². The van der Waals surface area contributed by atoms with Gasteiger partial charge in [-0.05, 0) is 13.3 Å². The molecule has 1 saturated heterocycles. The maximum atomic E-state index is 5.30. The summed E-state index contributed by atoms with van der Waals surface area (Å²) in [4.78, 5) is 0. The fourth-order valence-corrected chi connectivity index (χ4v) is 0.910. The van der Waals surface area contributed by atoms with Gasteiger partial charge >= 0.3 is 0 Å². The smallest absolute Gasteiger partial charge is 0.108 e. The lowest BCUT2D eigenvalue weighted by Gasteiger charge is -2.04. The van der Waals surface area contributed by atoms with Gasteiger partial charge in [-0.3, -0.25) is 5.32 Å². The maximum absolute atomic E-state index is 5.30. The van der Waals surface area contributed by atoms with E-state index < -0.39 is 0 Å². The van der Waals surface area contributed by atoms with E-state index in [1.165, 1.54) is 0 Å². The van der Waals surface area contributed by atoms with Crippen LogP contribution in [0, 0.1) is 0 Å². The Balaban J connectivity index is 2.22. The van der Waals surface area contributed by atoms with Crippen molar-refractivity contribution in [3.05, 3.63) is 0 Å². The minimum Gasteiger partial charge on any atom is -0.362 e. The molecule has 0 spiro atoms. The van der Waals surface area contributed by atoms with Crippen LogP contribution in [0.5, 0.6) is 0 Å². The third kappa shape index (κ3) is 1.20. The van der Waals surface area contributed by atoms with Crippen molar-refractivity contribution in [3.8, 4) is 0 Å². The summed E-state index contributed by atoms with van der Waals surface area (Å²) in [7, 11) is 0. The highest BCUT2D eigenvalue weighted by Gasteiger charge is 2.17. The SMILES string of the molecule is CCC1NC(C)CO1. The number of rotatable bonds is 1. The summed E-state index contributed by atoms with van der Waals surface area (Å²) in [5.74, 6) is 0. The molecule has 2 unspecified atom stereocenters. The zero-order valence-corrected chi connectivity index (χ0v) is 5.48. The molecule has 1 aliphatic heterocycles. The molecule has 1 N–H and O–H groups in total. The van der Waals surface area contributed by atoms with Crippen LogP contribution in [0.2, 0.25) is 0 Å². The van der Waals surface area contributed by atoms with Crippen molar-refractivity contribution in [3.63, 3.8) is 0 Å². The van der Waals surface area contributed by atoms with Gasteiger partial charge in [0.05, 0.1) is 6.61 Å². The van der Waals surface area contributed by atoms with E-state index in [0.29, 0.717) is 12.3 Å². The number of hydrogen-bond acceptors (Lipinski definition) is 2. The third-order valence-corrected chi connectivity index (χ3v) is 1.39. The Morgan fingerprint density at radius 1 is 1.75 bits per heavy atom. The summed E-state index contributed by atoms with van der Waals surface area (Å²) in [6, 6.07) is 0.556. The van der Waals surface area contributed by atoms with E-state index in [2.05, 4.69) is 19.2 Å². The zero-order chi connectivity index (χ0) is 5.98. The quantitative estimate of drug-likeness (QED) is 0.544. The summed E-state index contributed by atoms with van der Waals surface area (Å²) >= 11 is 0. The number of ether oxygens (including phenoxy) is 1. The number of hydrogen-bond donors (Lipinski definition) is 1. The van der Waals surface area contributed by atoms with Crippen LogP contribution in [0.15, 0.2) is 0 Å². The second-order valence-electron chi connectivity index (χ2n) is 2.30. The van der Waals surface area contributed by atoms with Crippen LogP contribution < -0.4 is 5.32 Å². The van der Waals surface area contributed by atoms with Crippen LogP contribution in [-0.2, 0) is 4.74 Å². The fourth-order valence-electron chi connectivity index (χ4n) is 0.910. The average molecular weight is 115 g/mol. The molecule has 0 saturated carbocycles. The Bertz CT molecular complexity index is 74.9. The van der Waals surface area contributed by atoms with Crippen molar-refractivity contribution >= 4 is 0 Å². The lowest BCUT2D eigenvalue weighted by Crippen LogP contribution is -2.27. The minimum atomic E-state index is 0.324. The molecule has 48 valence electrons. The van der Waals surface area contributed by atoms with Gasteiger partial charge in [0, 0.05) is 6.04 Å². The Hall–Kier alpha value is -0.0800. The number of nitrogens with one attached hydrogen (secondary N) is 1. The van der Waals surface area contributed by atoms with Crippen molar-refractivity contribution in [2.75, 3.05) is 6.61 Å². The highest BCUT2D eigenvalue weighted by Crippen LogP contribution is 2.03. The molecule has 2 nitrogen and oxygen atoms in total. The molecule has 1 fully saturated rings. The summed E-state index contributed by atoms with van der Waals surface area (Å²) in [5.41, 5.74) is 0. The molecule has 2 heteroatoms. The van der Waals surface area contributed by atoms with E-state index in [0.717, 1.165) is 13.0 Å². The topological polar surface area (TPSA) is 21.3 Å². The van der Waals surface area contributed by atoms with Gasteiger partial charge in [0.1, 0.15) is 6.23 Å². The van der Waals surface area contributed by atoms with Crippen molar-refractivity contribution in [2.45, 2.75) is 32.5 Å². The molecule has 1 heterocycles. The van der Waals surface area contributed by atoms with E-state index in [1.807, 2.05) is 0 Å². The van der Waals surface area contributed by atoms with Crippen LogP contribution >= 0.6 is 0 Å².